The molecule has 0 saturated carbocycles. The van der Waals surface area contributed by atoms with E-state index in [2.05, 4.69) is 18.7 Å². The Balaban J connectivity index is 2.53. The van der Waals surface area contributed by atoms with Crippen LogP contribution in [-0.2, 0) is 0 Å². The monoisotopic (exact) mass is 184 g/mol. The number of nitrogens with two attached hydrogens (primary N) is 1. The summed E-state index contributed by atoms with van der Waals surface area (Å²) < 4.78 is 0. The van der Waals surface area contributed by atoms with Crippen LogP contribution in [0.2, 0.25) is 0 Å². The van der Waals surface area contributed by atoms with Crippen molar-refractivity contribution in [2.45, 2.75) is 39.5 Å². The highest BCUT2D eigenvalue weighted by Crippen LogP contribution is 2.35. The van der Waals surface area contributed by atoms with Gasteiger partial charge in [-0.25, -0.2) is 0 Å². The van der Waals surface area contributed by atoms with Gasteiger partial charge in [-0.15, -0.1) is 0 Å². The lowest BCUT2D eigenvalue weighted by Gasteiger charge is -2.42. The van der Waals surface area contributed by atoms with E-state index in [1.54, 1.807) is 0 Å². The van der Waals surface area contributed by atoms with Gasteiger partial charge in [0.05, 0.1) is 0 Å². The number of likely N-dealkylation sites (tertiary alicyclic amines) is 1. The van der Waals surface area contributed by atoms with Crippen LogP contribution in [0.25, 0.3) is 0 Å². The lowest BCUT2D eigenvalue weighted by molar-refractivity contribution is 0.0820. The normalized spacial score (nSPS) is 30.7. The van der Waals surface area contributed by atoms with Crippen LogP contribution < -0.4 is 5.73 Å². The average molecular weight is 184 g/mol. The second-order valence-corrected chi connectivity index (χ2v) is 4.36. The van der Waals surface area contributed by atoms with E-state index >= 15 is 0 Å². The minimum absolute atomic E-state index is 0.545. The summed E-state index contributed by atoms with van der Waals surface area (Å²) in [6.45, 7) is 9.20. The highest BCUT2D eigenvalue weighted by molar-refractivity contribution is 4.85. The Labute approximate surface area is 82.5 Å². The molecule has 1 rings (SSSR count). The molecule has 0 aromatic carbocycles. The van der Waals surface area contributed by atoms with Gasteiger partial charge in [-0.05, 0) is 50.7 Å². The quantitative estimate of drug-likeness (QED) is 0.722. The van der Waals surface area contributed by atoms with Gasteiger partial charge in [-0.2, -0.15) is 0 Å². The fourth-order valence-electron chi connectivity index (χ4n) is 2.56. The van der Waals surface area contributed by atoms with Gasteiger partial charge in [-0.3, -0.25) is 0 Å². The molecular weight excluding hydrogens is 160 g/mol. The predicted molar refractivity (Wildman–Crippen MR) is 57.7 cm³/mol. The zero-order valence-electron chi connectivity index (χ0n) is 9.18. The Hall–Kier alpha value is -0.0800. The van der Waals surface area contributed by atoms with Crippen LogP contribution in [-0.4, -0.2) is 31.1 Å². The molecule has 0 aliphatic carbocycles. The fourth-order valence-corrected chi connectivity index (χ4v) is 2.56. The smallest absolute Gasteiger partial charge is 0.00382 e. The summed E-state index contributed by atoms with van der Waals surface area (Å²) in [7, 11) is 0. The van der Waals surface area contributed by atoms with Crippen LogP contribution in [0.1, 0.15) is 39.5 Å². The molecule has 1 heterocycles. The van der Waals surface area contributed by atoms with Crippen molar-refractivity contribution in [2.24, 2.45) is 11.1 Å². The third kappa shape index (κ3) is 2.68. The summed E-state index contributed by atoms with van der Waals surface area (Å²) in [4.78, 5) is 2.57. The Kier molecular flexibility index (Phi) is 4.20. The molecule has 0 radical (unpaired) electrons. The maximum Gasteiger partial charge on any atom is 0.00382 e. The highest BCUT2D eigenvalue weighted by Gasteiger charge is 2.32. The summed E-state index contributed by atoms with van der Waals surface area (Å²) in [5.41, 5.74) is 6.23. The zero-order valence-corrected chi connectivity index (χ0v) is 9.18. The van der Waals surface area contributed by atoms with E-state index in [9.17, 15) is 0 Å². The van der Waals surface area contributed by atoms with Gasteiger partial charge in [0.1, 0.15) is 0 Å². The molecular formula is C11H24N2. The topological polar surface area (TPSA) is 29.3 Å². The van der Waals surface area contributed by atoms with E-state index in [1.807, 2.05) is 0 Å². The summed E-state index contributed by atoms with van der Waals surface area (Å²) in [5, 5.41) is 0. The molecule has 0 spiro atoms. The molecule has 1 aliphatic rings. The van der Waals surface area contributed by atoms with Gasteiger partial charge >= 0.3 is 0 Å². The van der Waals surface area contributed by atoms with Crippen molar-refractivity contribution in [1.29, 1.82) is 0 Å². The van der Waals surface area contributed by atoms with E-state index < -0.39 is 0 Å². The number of rotatable bonds is 4. The van der Waals surface area contributed by atoms with Crippen molar-refractivity contribution in [1.82, 2.24) is 4.90 Å². The average Bonchev–Trinajstić information content (AvgIpc) is 2.19. The van der Waals surface area contributed by atoms with Crippen LogP contribution in [0.3, 0.4) is 0 Å². The first-order valence-corrected chi connectivity index (χ1v) is 5.69. The van der Waals surface area contributed by atoms with Crippen molar-refractivity contribution in [3.05, 3.63) is 0 Å². The van der Waals surface area contributed by atoms with Crippen molar-refractivity contribution in [3.8, 4) is 0 Å². The maximum absolute atomic E-state index is 5.69. The summed E-state index contributed by atoms with van der Waals surface area (Å²) >= 11 is 0. The summed E-state index contributed by atoms with van der Waals surface area (Å²) in [6, 6.07) is 0. The highest BCUT2D eigenvalue weighted by atomic mass is 15.1. The molecule has 1 unspecified atom stereocenters. The molecule has 2 heteroatoms. The minimum Gasteiger partial charge on any atom is -0.330 e. The van der Waals surface area contributed by atoms with E-state index in [4.69, 9.17) is 5.73 Å². The number of hydrogen-bond donors (Lipinski definition) is 1. The Morgan fingerprint density at radius 1 is 1.38 bits per heavy atom. The fraction of sp³-hybridized carbons (Fsp3) is 1.00. The van der Waals surface area contributed by atoms with Crippen LogP contribution in [0.5, 0.6) is 0 Å². The van der Waals surface area contributed by atoms with E-state index in [0.717, 1.165) is 6.54 Å². The Bertz CT molecular complexity index is 143. The minimum atomic E-state index is 0.545. The predicted octanol–water partition coefficient (Wildman–Crippen LogP) is 1.85. The van der Waals surface area contributed by atoms with Crippen molar-refractivity contribution in [3.63, 3.8) is 0 Å². The maximum atomic E-state index is 5.69. The van der Waals surface area contributed by atoms with Gasteiger partial charge in [0, 0.05) is 6.54 Å². The lowest BCUT2D eigenvalue weighted by atomic mass is 9.75. The SMILES string of the molecule is CCN1CCCC(CC)(CCN)C1. The summed E-state index contributed by atoms with van der Waals surface area (Å²) in [5.74, 6) is 0. The van der Waals surface area contributed by atoms with Gasteiger partial charge in [0.25, 0.3) is 0 Å². The van der Waals surface area contributed by atoms with E-state index in [-0.39, 0.29) is 0 Å². The molecule has 1 saturated heterocycles. The van der Waals surface area contributed by atoms with Crippen LogP contribution >= 0.6 is 0 Å². The van der Waals surface area contributed by atoms with Crippen molar-refractivity contribution in [2.75, 3.05) is 26.2 Å². The lowest BCUT2D eigenvalue weighted by Crippen LogP contribution is -2.43. The molecule has 0 aromatic rings. The molecule has 1 aliphatic heterocycles. The molecule has 1 fully saturated rings. The second kappa shape index (κ2) is 4.97. The van der Waals surface area contributed by atoms with Crippen molar-refractivity contribution >= 4 is 0 Å². The van der Waals surface area contributed by atoms with Crippen LogP contribution in [0, 0.1) is 5.41 Å². The van der Waals surface area contributed by atoms with Crippen LogP contribution in [0.15, 0.2) is 0 Å². The van der Waals surface area contributed by atoms with Crippen LogP contribution in [0.4, 0.5) is 0 Å². The first-order valence-electron chi connectivity index (χ1n) is 5.69. The molecule has 0 amide bonds. The number of nitrogens with zero attached hydrogens (tertiary/aromatic N) is 1. The van der Waals surface area contributed by atoms with Gasteiger partial charge in [0.15, 0.2) is 0 Å². The Morgan fingerprint density at radius 2 is 2.15 bits per heavy atom. The Morgan fingerprint density at radius 3 is 2.69 bits per heavy atom. The number of piperidine rings is 1. The molecule has 2 N–H and O–H groups in total. The number of hydrogen-bond acceptors (Lipinski definition) is 2. The molecule has 0 bridgehead atoms. The first-order chi connectivity index (χ1) is 6.26. The zero-order chi connectivity index (χ0) is 9.73. The second-order valence-electron chi connectivity index (χ2n) is 4.36. The third-order valence-electron chi connectivity index (χ3n) is 3.61. The van der Waals surface area contributed by atoms with E-state index in [0.29, 0.717) is 5.41 Å². The van der Waals surface area contributed by atoms with Gasteiger partial charge in [-0.1, -0.05) is 13.8 Å². The van der Waals surface area contributed by atoms with E-state index in [1.165, 1.54) is 45.3 Å². The third-order valence-corrected chi connectivity index (χ3v) is 3.61. The molecule has 0 aromatic heterocycles. The van der Waals surface area contributed by atoms with Gasteiger partial charge < -0.3 is 10.6 Å². The van der Waals surface area contributed by atoms with Crippen molar-refractivity contribution < 1.29 is 0 Å². The first kappa shape index (κ1) is 11.0. The summed E-state index contributed by atoms with van der Waals surface area (Å²) in [6.07, 6.45) is 5.25. The molecule has 2 nitrogen and oxygen atoms in total. The molecule has 1 atom stereocenters. The molecule has 13 heavy (non-hydrogen) atoms. The molecule has 78 valence electrons. The van der Waals surface area contributed by atoms with Gasteiger partial charge in [0.2, 0.25) is 0 Å². The standard InChI is InChI=1S/C11H24N2/c1-3-11(7-8-12)6-5-9-13(4-2)10-11/h3-10,12H2,1-2H3. The largest absolute Gasteiger partial charge is 0.330 e.